The molecule has 2 fully saturated rings. The summed E-state index contributed by atoms with van der Waals surface area (Å²) in [4.78, 5) is 31.9. The number of carbonyl (C=O) groups is 1. The monoisotopic (exact) mass is 840 g/mol. The molecule has 4 aromatic carbocycles. The zero-order valence-electron chi connectivity index (χ0n) is 36.3. The van der Waals surface area contributed by atoms with Gasteiger partial charge in [-0.05, 0) is 103 Å². The molecule has 0 unspecified atom stereocenters. The average Bonchev–Trinajstić information content (AvgIpc) is 4.17. The molecule has 1 saturated heterocycles. The maximum Gasteiger partial charge on any atom is 0.309 e. The van der Waals surface area contributed by atoms with Crippen LogP contribution in [-0.2, 0) is 16.0 Å². The van der Waals surface area contributed by atoms with Crippen molar-refractivity contribution in [2.45, 2.75) is 57.5 Å². The number of cyclic esters (lactones) is 1. The first-order valence-corrected chi connectivity index (χ1v) is 22.9. The third-order valence-corrected chi connectivity index (χ3v) is 14.6. The number of benzene rings is 4. The van der Waals surface area contributed by atoms with Crippen molar-refractivity contribution in [3.63, 3.8) is 0 Å². The van der Waals surface area contributed by atoms with Gasteiger partial charge in [0.1, 0.15) is 12.2 Å². The van der Waals surface area contributed by atoms with Gasteiger partial charge in [0, 0.05) is 56.5 Å². The van der Waals surface area contributed by atoms with Crippen molar-refractivity contribution in [1.29, 1.82) is 0 Å². The Labute approximate surface area is 374 Å². The molecule has 6 heterocycles. The molecule has 1 aliphatic carbocycles. The zero-order valence-corrected chi connectivity index (χ0v) is 36.3. The number of nitrogens with zero attached hydrogens (tertiary/aromatic N) is 2. The van der Waals surface area contributed by atoms with Gasteiger partial charge in [-0.3, -0.25) is 4.79 Å². The molecule has 2 aromatic heterocycles. The van der Waals surface area contributed by atoms with Crippen LogP contribution in [0.3, 0.4) is 0 Å². The van der Waals surface area contributed by atoms with Gasteiger partial charge in [-0.1, -0.05) is 135 Å². The van der Waals surface area contributed by atoms with Crippen LogP contribution < -0.4 is 0 Å². The van der Waals surface area contributed by atoms with E-state index in [1.807, 2.05) is 6.92 Å². The van der Waals surface area contributed by atoms with E-state index in [1.165, 1.54) is 0 Å². The van der Waals surface area contributed by atoms with Gasteiger partial charge in [0.2, 0.25) is 0 Å². The first kappa shape index (κ1) is 40.0. The minimum Gasteiger partial charge on any atom is -0.462 e. The summed E-state index contributed by atoms with van der Waals surface area (Å²) in [7, 11) is 0. The SMILES string of the molecule is C[C@@H]1CC[C@H]2[C@@H](C)C(=O)OC[C@@]2(O)[C@H]1CC[C@H]1Cc2[nH]c1c(-c1ccccc1)c1nc(c(-c3ccccc3)c3ccc([nH]3)c(-c3ccccc3)c3nc(c2-c2ccccc2)C=C3)C=C1. The van der Waals surface area contributed by atoms with Crippen LogP contribution in [-0.4, -0.2) is 43.2 Å². The molecular weight excluding hydrogens is 789 g/mol. The lowest BCUT2D eigenvalue weighted by Crippen LogP contribution is -2.60. The first-order chi connectivity index (χ1) is 31.3. The van der Waals surface area contributed by atoms with E-state index in [4.69, 9.17) is 14.7 Å². The number of aromatic amines is 2. The van der Waals surface area contributed by atoms with E-state index in [-0.39, 0.29) is 42.2 Å². The van der Waals surface area contributed by atoms with E-state index in [0.29, 0.717) is 0 Å². The maximum atomic E-state index is 12.8. The number of aliphatic hydroxyl groups is 1. The normalized spacial score (nSPS) is 23.0. The number of fused-ring (bicyclic) bond motifs is 9. The Morgan fingerprint density at radius 3 is 1.59 bits per heavy atom. The number of aromatic nitrogens is 4. The molecule has 6 atom stereocenters. The van der Waals surface area contributed by atoms with Crippen LogP contribution in [0, 0.1) is 23.7 Å². The lowest BCUT2D eigenvalue weighted by atomic mass is 9.58. The van der Waals surface area contributed by atoms with Crippen LogP contribution in [0.5, 0.6) is 0 Å². The molecule has 1 saturated carbocycles. The predicted molar refractivity (Wildman–Crippen MR) is 258 cm³/mol. The quantitative estimate of drug-likeness (QED) is 0.139. The van der Waals surface area contributed by atoms with Crippen LogP contribution >= 0.6 is 0 Å². The van der Waals surface area contributed by atoms with E-state index in [1.54, 1.807) is 0 Å². The number of rotatable bonds is 7. The van der Waals surface area contributed by atoms with Gasteiger partial charge < -0.3 is 19.8 Å². The summed E-state index contributed by atoms with van der Waals surface area (Å²) < 4.78 is 5.72. The number of nitrogens with one attached hydrogen (secondary N) is 2. The Bertz CT molecular complexity index is 3010. The highest BCUT2D eigenvalue weighted by molar-refractivity contribution is 5.96. The van der Waals surface area contributed by atoms with Crippen molar-refractivity contribution in [2.24, 2.45) is 23.7 Å². The molecule has 6 aromatic rings. The average molecular weight is 841 g/mol. The molecule has 318 valence electrons. The molecule has 64 heavy (non-hydrogen) atoms. The fraction of sp³-hybridized carbons (Fsp3) is 0.246. The van der Waals surface area contributed by atoms with Crippen LogP contribution in [0.25, 0.3) is 79.8 Å². The Hall–Kier alpha value is -6.83. The molecule has 7 heteroatoms. The van der Waals surface area contributed by atoms with E-state index >= 15 is 0 Å². The van der Waals surface area contributed by atoms with E-state index < -0.39 is 5.60 Å². The molecular formula is C57H52N4O3. The lowest BCUT2D eigenvalue weighted by Gasteiger charge is -2.52. The number of hydrogen-bond acceptors (Lipinski definition) is 5. The van der Waals surface area contributed by atoms with E-state index in [9.17, 15) is 9.90 Å². The number of ether oxygens (including phenoxy) is 1. The molecule has 8 bridgehead atoms. The smallest absolute Gasteiger partial charge is 0.309 e. The highest BCUT2D eigenvalue weighted by atomic mass is 16.5. The topological polar surface area (TPSA) is 104 Å². The highest BCUT2D eigenvalue weighted by Crippen LogP contribution is 2.51. The Morgan fingerprint density at radius 1 is 0.594 bits per heavy atom. The second kappa shape index (κ2) is 16.4. The van der Waals surface area contributed by atoms with E-state index in [0.717, 1.165) is 122 Å². The number of H-pyrrole nitrogens is 2. The van der Waals surface area contributed by atoms with Crippen LogP contribution in [0.15, 0.2) is 133 Å². The van der Waals surface area contributed by atoms with E-state index in [2.05, 4.69) is 175 Å². The Kier molecular flexibility index (Phi) is 10.2. The van der Waals surface area contributed by atoms with Crippen molar-refractivity contribution in [2.75, 3.05) is 6.61 Å². The molecule has 11 rings (SSSR count). The molecule has 7 nitrogen and oxygen atoms in total. The second-order valence-electron chi connectivity index (χ2n) is 18.3. The second-order valence-corrected chi connectivity index (χ2v) is 18.3. The van der Waals surface area contributed by atoms with Crippen molar-refractivity contribution in [1.82, 2.24) is 19.9 Å². The van der Waals surface area contributed by atoms with Gasteiger partial charge in [-0.2, -0.15) is 0 Å². The lowest BCUT2D eigenvalue weighted by molar-refractivity contribution is -0.212. The summed E-state index contributed by atoms with van der Waals surface area (Å²) in [6.07, 6.45) is 12.8. The van der Waals surface area contributed by atoms with Gasteiger partial charge in [-0.15, -0.1) is 0 Å². The number of esters is 1. The van der Waals surface area contributed by atoms with Crippen LogP contribution in [0.1, 0.15) is 79.6 Å². The number of carbonyl (C=O) groups excluding carboxylic acids is 1. The van der Waals surface area contributed by atoms with Crippen molar-refractivity contribution in [3.05, 3.63) is 168 Å². The predicted octanol–water partition coefficient (Wildman–Crippen LogP) is 12.7. The van der Waals surface area contributed by atoms with Crippen molar-refractivity contribution in [3.8, 4) is 44.5 Å². The van der Waals surface area contributed by atoms with Gasteiger partial charge in [0.05, 0.1) is 28.7 Å². The minimum absolute atomic E-state index is 0.0186. The van der Waals surface area contributed by atoms with Crippen LogP contribution in [0.4, 0.5) is 0 Å². The highest BCUT2D eigenvalue weighted by Gasteiger charge is 2.55. The minimum atomic E-state index is -1.06. The molecule has 0 amide bonds. The molecule has 0 radical (unpaired) electrons. The zero-order chi connectivity index (χ0) is 43.4. The van der Waals surface area contributed by atoms with Crippen LogP contribution in [0.2, 0.25) is 0 Å². The summed E-state index contributed by atoms with van der Waals surface area (Å²) in [5.41, 5.74) is 15.2. The molecule has 0 spiro atoms. The third kappa shape index (κ3) is 6.99. The van der Waals surface area contributed by atoms with Gasteiger partial charge in [0.25, 0.3) is 0 Å². The molecule has 3 N–H and O–H groups in total. The standard InChI is InChI=1S/C57H52N4O3/c1-35-23-25-43-36(2)56(62)64-34-57(43,63)42(35)26-24-41-33-50-53(39-19-11-5-12-20-39)48-30-29-46(59-48)51(37-15-7-3-8-16-37)44-27-28-45(58-44)52(38-17-9-4-10-18-38)47-31-32-49(60-47)54(55(41)61-50)40-21-13-6-14-22-40/h3-22,27-32,35-36,41-43,58,61,63H,23-26,33-34H2,1-2H3/t35-,36-,41+,42+,43+,57-/m1/s1. The summed E-state index contributed by atoms with van der Waals surface area (Å²) >= 11 is 0. The van der Waals surface area contributed by atoms with Gasteiger partial charge in [0.15, 0.2) is 0 Å². The summed E-state index contributed by atoms with van der Waals surface area (Å²) in [5.74, 6) is -0.301. The third-order valence-electron chi connectivity index (χ3n) is 14.6. The fourth-order valence-electron chi connectivity index (χ4n) is 11.5. The maximum absolute atomic E-state index is 12.8. The largest absolute Gasteiger partial charge is 0.462 e. The fourth-order valence-corrected chi connectivity index (χ4v) is 11.5. The van der Waals surface area contributed by atoms with Gasteiger partial charge in [-0.25, -0.2) is 9.97 Å². The summed E-state index contributed by atoms with van der Waals surface area (Å²) in [5, 5.41) is 12.6. The van der Waals surface area contributed by atoms with Gasteiger partial charge >= 0.3 is 5.97 Å². The first-order valence-electron chi connectivity index (χ1n) is 22.9. The van der Waals surface area contributed by atoms with Crippen molar-refractivity contribution < 1.29 is 14.6 Å². The number of hydrogen-bond donors (Lipinski definition) is 3. The summed E-state index contributed by atoms with van der Waals surface area (Å²) in [6, 6.07) is 46.7. The summed E-state index contributed by atoms with van der Waals surface area (Å²) in [6.45, 7) is 4.27. The molecule has 5 aliphatic rings. The Morgan fingerprint density at radius 2 is 1.06 bits per heavy atom. The molecule has 4 aliphatic heterocycles. The Balaban J connectivity index is 1.20. The van der Waals surface area contributed by atoms with Crippen molar-refractivity contribution >= 4 is 41.3 Å².